The summed E-state index contributed by atoms with van der Waals surface area (Å²) in [6.07, 6.45) is 2.37. The Morgan fingerprint density at radius 2 is 1.78 bits per heavy atom. The zero-order valence-corrected chi connectivity index (χ0v) is 19.2. The smallest absolute Gasteiger partial charge is 0.340 e. The summed E-state index contributed by atoms with van der Waals surface area (Å²) in [6.45, 7) is 8.13. The molecule has 0 saturated carbocycles. The zero-order valence-electron chi connectivity index (χ0n) is 19.2. The summed E-state index contributed by atoms with van der Waals surface area (Å²) in [7, 11) is 1.58. The van der Waals surface area contributed by atoms with Gasteiger partial charge in [0.25, 0.3) is 0 Å². The number of fused-ring (bicyclic) bond motifs is 1. The molecule has 6 heteroatoms. The first kappa shape index (κ1) is 21.9. The van der Waals surface area contributed by atoms with Gasteiger partial charge in [0.2, 0.25) is 5.91 Å². The molecule has 3 aromatic rings. The van der Waals surface area contributed by atoms with Crippen LogP contribution in [0.3, 0.4) is 0 Å². The summed E-state index contributed by atoms with van der Waals surface area (Å²) in [6, 6.07) is 11.6. The maximum atomic E-state index is 12.7. The second-order valence-corrected chi connectivity index (χ2v) is 8.70. The number of benzene rings is 2. The molecule has 0 atom stereocenters. The fourth-order valence-electron chi connectivity index (χ4n) is 4.38. The highest BCUT2D eigenvalue weighted by atomic mass is 16.5. The van der Waals surface area contributed by atoms with Gasteiger partial charge in [-0.05, 0) is 74.6 Å². The van der Waals surface area contributed by atoms with Crippen molar-refractivity contribution in [2.45, 2.75) is 40.0 Å². The maximum Gasteiger partial charge on any atom is 0.340 e. The zero-order chi connectivity index (χ0) is 22.8. The number of carbonyl (C=O) groups excluding carboxylic acids is 1. The van der Waals surface area contributed by atoms with Gasteiger partial charge in [-0.25, -0.2) is 4.79 Å². The number of carbonyl (C=O) groups is 1. The molecule has 1 aliphatic heterocycles. The number of hydrogen-bond acceptors (Lipinski definition) is 5. The Balaban J connectivity index is 1.49. The first-order valence-electron chi connectivity index (χ1n) is 11.1. The van der Waals surface area contributed by atoms with Gasteiger partial charge in [-0.2, -0.15) is 0 Å². The summed E-state index contributed by atoms with van der Waals surface area (Å²) in [5.74, 6) is 1.20. The summed E-state index contributed by atoms with van der Waals surface area (Å²) < 4.78 is 10.9. The van der Waals surface area contributed by atoms with Gasteiger partial charge in [0.05, 0.1) is 19.1 Å². The van der Waals surface area contributed by atoms with Crippen molar-refractivity contribution in [1.29, 1.82) is 0 Å². The molecular formula is C26H30N2O4. The van der Waals surface area contributed by atoms with Crippen molar-refractivity contribution in [3.63, 3.8) is 0 Å². The van der Waals surface area contributed by atoms with Crippen LogP contribution in [0.4, 0.5) is 11.4 Å². The Labute approximate surface area is 188 Å². The van der Waals surface area contributed by atoms with Gasteiger partial charge in [-0.1, -0.05) is 6.92 Å². The van der Waals surface area contributed by atoms with Crippen LogP contribution < -0.4 is 20.6 Å². The van der Waals surface area contributed by atoms with E-state index in [-0.39, 0.29) is 12.3 Å². The Bertz CT molecular complexity index is 1190. The van der Waals surface area contributed by atoms with E-state index in [0.717, 1.165) is 35.5 Å². The van der Waals surface area contributed by atoms with E-state index in [4.69, 9.17) is 9.15 Å². The molecule has 0 unspecified atom stereocenters. The van der Waals surface area contributed by atoms with E-state index in [1.807, 2.05) is 50.2 Å². The number of hydrogen-bond donors (Lipinski definition) is 1. The van der Waals surface area contributed by atoms with E-state index in [1.54, 1.807) is 7.11 Å². The highest BCUT2D eigenvalue weighted by molar-refractivity contribution is 5.94. The third-order valence-corrected chi connectivity index (χ3v) is 6.51. The van der Waals surface area contributed by atoms with Crippen molar-refractivity contribution in [3.05, 3.63) is 63.5 Å². The molecule has 0 bridgehead atoms. The molecule has 168 valence electrons. The van der Waals surface area contributed by atoms with Crippen LogP contribution in [-0.4, -0.2) is 26.1 Å². The van der Waals surface area contributed by atoms with E-state index in [1.165, 1.54) is 18.5 Å². The number of nitrogens with one attached hydrogen (secondary N) is 1. The van der Waals surface area contributed by atoms with E-state index in [0.29, 0.717) is 22.6 Å². The van der Waals surface area contributed by atoms with Crippen LogP contribution in [0.1, 0.15) is 36.5 Å². The quantitative estimate of drug-likeness (QED) is 0.582. The lowest BCUT2D eigenvalue weighted by Crippen LogP contribution is -2.32. The van der Waals surface area contributed by atoms with E-state index in [9.17, 15) is 9.59 Å². The average molecular weight is 435 g/mol. The fourth-order valence-corrected chi connectivity index (χ4v) is 4.38. The number of anilines is 2. The van der Waals surface area contributed by atoms with Crippen molar-refractivity contribution in [2.24, 2.45) is 5.92 Å². The Morgan fingerprint density at radius 3 is 2.44 bits per heavy atom. The van der Waals surface area contributed by atoms with Gasteiger partial charge >= 0.3 is 5.63 Å². The third-order valence-electron chi connectivity index (χ3n) is 6.51. The molecule has 0 spiro atoms. The van der Waals surface area contributed by atoms with Crippen molar-refractivity contribution in [3.8, 4) is 5.75 Å². The number of piperidine rings is 1. The maximum absolute atomic E-state index is 12.7. The van der Waals surface area contributed by atoms with Crippen LogP contribution in [0.2, 0.25) is 0 Å². The predicted octanol–water partition coefficient (Wildman–Crippen LogP) is 4.84. The van der Waals surface area contributed by atoms with Crippen LogP contribution in [-0.2, 0) is 11.2 Å². The van der Waals surface area contributed by atoms with Gasteiger partial charge < -0.3 is 19.4 Å². The molecule has 0 aliphatic carbocycles. The molecule has 1 saturated heterocycles. The monoisotopic (exact) mass is 434 g/mol. The van der Waals surface area contributed by atoms with Crippen LogP contribution in [0.15, 0.2) is 45.6 Å². The topological polar surface area (TPSA) is 71.8 Å². The Morgan fingerprint density at radius 1 is 1.09 bits per heavy atom. The Hall–Kier alpha value is -3.28. The summed E-state index contributed by atoms with van der Waals surface area (Å²) in [5.41, 5.74) is 3.80. The van der Waals surface area contributed by atoms with Gasteiger partial charge in [0.15, 0.2) is 0 Å². The SMILES string of the molecule is COc1ccc2c(C)c(CC(=O)Nc3ccc(N4CCC(C)CC4)cc3)c(=O)oc2c1C. The van der Waals surface area contributed by atoms with E-state index in [2.05, 4.69) is 17.1 Å². The number of rotatable bonds is 5. The second-order valence-electron chi connectivity index (χ2n) is 8.70. The minimum Gasteiger partial charge on any atom is -0.496 e. The van der Waals surface area contributed by atoms with Crippen molar-refractivity contribution >= 4 is 28.3 Å². The third kappa shape index (κ3) is 4.35. The molecule has 6 nitrogen and oxygen atoms in total. The van der Waals surface area contributed by atoms with Crippen molar-refractivity contribution < 1.29 is 13.9 Å². The molecule has 1 aromatic heterocycles. The summed E-state index contributed by atoms with van der Waals surface area (Å²) in [5, 5.41) is 3.71. The lowest BCUT2D eigenvalue weighted by Gasteiger charge is -2.32. The molecule has 32 heavy (non-hydrogen) atoms. The highest BCUT2D eigenvalue weighted by Crippen LogP contribution is 2.29. The first-order chi connectivity index (χ1) is 15.4. The molecule has 2 aromatic carbocycles. The number of nitrogens with zero attached hydrogens (tertiary/aromatic N) is 1. The van der Waals surface area contributed by atoms with Gasteiger partial charge in [0, 0.05) is 35.4 Å². The summed E-state index contributed by atoms with van der Waals surface area (Å²) in [4.78, 5) is 27.7. The summed E-state index contributed by atoms with van der Waals surface area (Å²) >= 11 is 0. The molecule has 1 fully saturated rings. The fraction of sp³-hybridized carbons (Fsp3) is 0.385. The van der Waals surface area contributed by atoms with E-state index >= 15 is 0 Å². The normalized spacial score (nSPS) is 14.6. The lowest BCUT2D eigenvalue weighted by atomic mass is 9.99. The molecule has 4 rings (SSSR count). The standard InChI is InChI=1S/C26H30N2O4/c1-16-11-13-28(14-12-16)20-7-5-19(6-8-20)27-24(29)15-22-17(2)21-9-10-23(31-4)18(3)25(21)32-26(22)30/h5-10,16H,11-15H2,1-4H3,(H,27,29). The van der Waals surface area contributed by atoms with Gasteiger partial charge in [0.1, 0.15) is 11.3 Å². The lowest BCUT2D eigenvalue weighted by molar-refractivity contribution is -0.115. The molecule has 1 amide bonds. The number of aryl methyl sites for hydroxylation is 2. The molecule has 0 radical (unpaired) electrons. The average Bonchev–Trinajstić information content (AvgIpc) is 2.78. The number of methoxy groups -OCH3 is 1. The molecular weight excluding hydrogens is 404 g/mol. The van der Waals surface area contributed by atoms with Crippen LogP contribution >= 0.6 is 0 Å². The van der Waals surface area contributed by atoms with Gasteiger partial charge in [-0.15, -0.1) is 0 Å². The number of amides is 1. The molecule has 2 heterocycles. The largest absolute Gasteiger partial charge is 0.496 e. The minimum atomic E-state index is -0.490. The predicted molar refractivity (Wildman–Crippen MR) is 128 cm³/mol. The van der Waals surface area contributed by atoms with E-state index < -0.39 is 5.63 Å². The first-order valence-corrected chi connectivity index (χ1v) is 11.1. The highest BCUT2D eigenvalue weighted by Gasteiger charge is 2.18. The Kier molecular flexibility index (Phi) is 6.21. The van der Waals surface area contributed by atoms with Crippen LogP contribution in [0, 0.1) is 19.8 Å². The number of ether oxygens (including phenoxy) is 1. The van der Waals surface area contributed by atoms with Crippen LogP contribution in [0.5, 0.6) is 5.75 Å². The molecule has 1 N–H and O–H groups in total. The van der Waals surface area contributed by atoms with Gasteiger partial charge in [-0.3, -0.25) is 4.79 Å². The minimum absolute atomic E-state index is 0.0407. The van der Waals surface area contributed by atoms with Crippen LogP contribution in [0.25, 0.3) is 11.0 Å². The van der Waals surface area contributed by atoms with Crippen molar-refractivity contribution in [2.75, 3.05) is 30.4 Å². The second kappa shape index (κ2) is 9.07. The molecule has 1 aliphatic rings. The van der Waals surface area contributed by atoms with Crippen molar-refractivity contribution in [1.82, 2.24) is 0 Å².